The number of likely N-dealkylation sites (tertiary alicyclic amines) is 1. The maximum absolute atomic E-state index is 13.1. The third kappa shape index (κ3) is 4.25. The Labute approximate surface area is 192 Å². The van der Waals surface area contributed by atoms with E-state index in [0.717, 1.165) is 6.42 Å². The maximum Gasteiger partial charge on any atom is 0.295 e. The van der Waals surface area contributed by atoms with Gasteiger partial charge in [-0.25, -0.2) is 0 Å². The molecular formula is C24H26ClNO6. The predicted molar refractivity (Wildman–Crippen MR) is 121 cm³/mol. The van der Waals surface area contributed by atoms with Crippen LogP contribution in [0.3, 0.4) is 0 Å². The van der Waals surface area contributed by atoms with Crippen molar-refractivity contribution in [2.24, 2.45) is 0 Å². The Balaban J connectivity index is 2.26. The zero-order valence-electron chi connectivity index (χ0n) is 18.5. The fourth-order valence-corrected chi connectivity index (χ4v) is 4.02. The third-order valence-corrected chi connectivity index (χ3v) is 5.73. The van der Waals surface area contributed by atoms with Crippen LogP contribution in [0.25, 0.3) is 5.76 Å². The maximum atomic E-state index is 13.1. The Bertz CT molecular complexity index is 1060. The number of hydrogen-bond acceptors (Lipinski definition) is 6. The summed E-state index contributed by atoms with van der Waals surface area (Å²) in [6.07, 6.45) is 1.56. The fraction of sp³-hybridized carbons (Fsp3) is 0.333. The molecule has 1 atom stereocenters. The fourth-order valence-electron chi connectivity index (χ4n) is 3.79. The van der Waals surface area contributed by atoms with E-state index >= 15 is 0 Å². The molecule has 1 aliphatic heterocycles. The van der Waals surface area contributed by atoms with E-state index < -0.39 is 17.7 Å². The summed E-state index contributed by atoms with van der Waals surface area (Å²) < 4.78 is 16.0. The van der Waals surface area contributed by atoms with Gasteiger partial charge in [-0.1, -0.05) is 37.1 Å². The minimum Gasteiger partial charge on any atom is -0.507 e. The number of methoxy groups -OCH3 is 3. The Hall–Kier alpha value is -3.19. The first-order valence-corrected chi connectivity index (χ1v) is 10.6. The highest BCUT2D eigenvalue weighted by molar-refractivity contribution is 6.46. The first-order chi connectivity index (χ1) is 15.4. The molecule has 2 aromatic rings. The average Bonchev–Trinajstić information content (AvgIpc) is 3.06. The molecule has 0 bridgehead atoms. The summed E-state index contributed by atoms with van der Waals surface area (Å²) in [6.45, 7) is 2.38. The lowest BCUT2D eigenvalue weighted by Gasteiger charge is -2.25. The van der Waals surface area contributed by atoms with Crippen LogP contribution in [0, 0.1) is 0 Å². The number of halogens is 1. The van der Waals surface area contributed by atoms with Gasteiger partial charge in [0.1, 0.15) is 23.0 Å². The summed E-state index contributed by atoms with van der Waals surface area (Å²) in [5.74, 6) is -0.656. The molecular weight excluding hydrogens is 434 g/mol. The summed E-state index contributed by atoms with van der Waals surface area (Å²) >= 11 is 6.19. The topological polar surface area (TPSA) is 85.3 Å². The molecule has 1 unspecified atom stereocenters. The average molecular weight is 460 g/mol. The van der Waals surface area contributed by atoms with Gasteiger partial charge in [-0.15, -0.1) is 0 Å². The van der Waals surface area contributed by atoms with Crippen molar-refractivity contribution < 1.29 is 28.9 Å². The number of nitrogens with zero attached hydrogens (tertiary/aromatic N) is 1. The van der Waals surface area contributed by atoms with E-state index in [1.165, 1.54) is 38.4 Å². The molecule has 1 aliphatic rings. The van der Waals surface area contributed by atoms with Gasteiger partial charge in [0.2, 0.25) is 0 Å². The molecule has 0 aromatic heterocycles. The molecule has 1 heterocycles. The predicted octanol–water partition coefficient (Wildman–Crippen LogP) is 4.59. The minimum absolute atomic E-state index is 0.0259. The molecule has 170 valence electrons. The van der Waals surface area contributed by atoms with Crippen molar-refractivity contribution >= 4 is 29.1 Å². The van der Waals surface area contributed by atoms with Crippen LogP contribution in [0.5, 0.6) is 17.2 Å². The Morgan fingerprint density at radius 1 is 1.06 bits per heavy atom. The van der Waals surface area contributed by atoms with E-state index in [9.17, 15) is 14.7 Å². The number of ether oxygens (including phenoxy) is 3. The monoisotopic (exact) mass is 459 g/mol. The van der Waals surface area contributed by atoms with Crippen LogP contribution < -0.4 is 14.2 Å². The van der Waals surface area contributed by atoms with Crippen LogP contribution >= 0.6 is 11.6 Å². The number of aliphatic hydroxyl groups excluding tert-OH is 1. The quantitative estimate of drug-likeness (QED) is 0.353. The molecule has 1 saturated heterocycles. The number of rotatable bonds is 8. The largest absolute Gasteiger partial charge is 0.507 e. The second-order valence-corrected chi connectivity index (χ2v) is 7.72. The van der Waals surface area contributed by atoms with Crippen molar-refractivity contribution in [3.05, 3.63) is 58.1 Å². The Morgan fingerprint density at radius 3 is 2.41 bits per heavy atom. The molecule has 1 N–H and O–H groups in total. The third-order valence-electron chi connectivity index (χ3n) is 5.43. The van der Waals surface area contributed by atoms with Gasteiger partial charge in [-0.05, 0) is 30.2 Å². The van der Waals surface area contributed by atoms with Crippen LogP contribution in [0.4, 0.5) is 0 Å². The summed E-state index contributed by atoms with van der Waals surface area (Å²) in [4.78, 5) is 27.6. The van der Waals surface area contributed by atoms with Gasteiger partial charge in [-0.3, -0.25) is 9.59 Å². The normalized spacial score (nSPS) is 17.5. The lowest BCUT2D eigenvalue weighted by atomic mass is 9.94. The van der Waals surface area contributed by atoms with Gasteiger partial charge >= 0.3 is 0 Å². The lowest BCUT2D eigenvalue weighted by Crippen LogP contribution is -2.30. The van der Waals surface area contributed by atoms with Gasteiger partial charge in [0.25, 0.3) is 11.7 Å². The van der Waals surface area contributed by atoms with Gasteiger partial charge in [0.15, 0.2) is 0 Å². The summed E-state index contributed by atoms with van der Waals surface area (Å²) in [6, 6.07) is 9.30. The number of carbonyl (C=O) groups is 2. The molecule has 7 nitrogen and oxygen atoms in total. The number of carbonyl (C=O) groups excluding carboxylic acids is 2. The van der Waals surface area contributed by atoms with Crippen LogP contribution in [0.2, 0.25) is 5.02 Å². The molecule has 32 heavy (non-hydrogen) atoms. The van der Waals surface area contributed by atoms with Gasteiger partial charge < -0.3 is 24.2 Å². The van der Waals surface area contributed by atoms with E-state index in [2.05, 4.69) is 0 Å². The SMILES string of the molecule is CCCCN1C(=O)C(=O)/C(=C(/O)c2cc(OC)c(Cl)cc2OC)C1c1cccc(OC)c1. The van der Waals surface area contributed by atoms with Gasteiger partial charge in [0.05, 0.1) is 43.5 Å². The second kappa shape index (κ2) is 9.96. The summed E-state index contributed by atoms with van der Waals surface area (Å²) in [5.41, 5.74) is 0.832. The highest BCUT2D eigenvalue weighted by atomic mass is 35.5. The highest BCUT2D eigenvalue weighted by Gasteiger charge is 2.46. The number of ketones is 1. The first-order valence-electron chi connectivity index (χ1n) is 10.2. The van der Waals surface area contributed by atoms with Gasteiger partial charge in [0, 0.05) is 12.6 Å². The molecule has 0 spiro atoms. The molecule has 0 saturated carbocycles. The number of aliphatic hydroxyl groups is 1. The number of amides is 1. The molecule has 2 aromatic carbocycles. The number of benzene rings is 2. The van der Waals surface area contributed by atoms with Crippen molar-refractivity contribution in [2.75, 3.05) is 27.9 Å². The zero-order chi connectivity index (χ0) is 23.4. The van der Waals surface area contributed by atoms with Crippen LogP contribution in [0.15, 0.2) is 42.0 Å². The van der Waals surface area contributed by atoms with Crippen molar-refractivity contribution in [2.45, 2.75) is 25.8 Å². The Kier molecular flexibility index (Phi) is 7.30. The standard InChI is InChI=1S/C24H26ClNO6/c1-5-6-10-26-21(14-8-7-9-15(11-14)30-2)20(23(28)24(26)29)22(27)16-12-19(32-4)17(25)13-18(16)31-3/h7-9,11-13,21,27H,5-6,10H2,1-4H3/b22-20+. The number of unbranched alkanes of at least 4 members (excludes halogenated alkanes) is 1. The van der Waals surface area contributed by atoms with Crippen LogP contribution in [-0.4, -0.2) is 49.6 Å². The molecule has 0 aliphatic carbocycles. The van der Waals surface area contributed by atoms with E-state index in [4.69, 9.17) is 25.8 Å². The molecule has 1 amide bonds. The second-order valence-electron chi connectivity index (χ2n) is 7.31. The van der Waals surface area contributed by atoms with E-state index in [1.54, 1.807) is 24.3 Å². The lowest BCUT2D eigenvalue weighted by molar-refractivity contribution is -0.139. The minimum atomic E-state index is -0.775. The van der Waals surface area contributed by atoms with Crippen LogP contribution in [-0.2, 0) is 9.59 Å². The van der Waals surface area contributed by atoms with E-state index in [1.807, 2.05) is 6.92 Å². The molecule has 0 radical (unpaired) electrons. The number of hydrogen-bond donors (Lipinski definition) is 1. The highest BCUT2D eigenvalue weighted by Crippen LogP contribution is 2.43. The zero-order valence-corrected chi connectivity index (χ0v) is 19.2. The first kappa shape index (κ1) is 23.5. The molecule has 3 rings (SSSR count). The smallest absolute Gasteiger partial charge is 0.295 e. The summed E-state index contributed by atoms with van der Waals surface area (Å²) in [5, 5.41) is 11.6. The van der Waals surface area contributed by atoms with Crippen molar-refractivity contribution in [1.82, 2.24) is 4.90 Å². The van der Waals surface area contributed by atoms with Crippen LogP contribution in [0.1, 0.15) is 36.9 Å². The number of Topliss-reactive ketones (excluding diaryl/α,β-unsaturated/α-hetero) is 1. The summed E-state index contributed by atoms with van der Waals surface area (Å²) in [7, 11) is 4.41. The van der Waals surface area contributed by atoms with Crippen molar-refractivity contribution in [3.63, 3.8) is 0 Å². The van der Waals surface area contributed by atoms with Crippen molar-refractivity contribution in [1.29, 1.82) is 0 Å². The van der Waals surface area contributed by atoms with E-state index in [-0.39, 0.29) is 27.7 Å². The Morgan fingerprint density at radius 2 is 1.78 bits per heavy atom. The van der Waals surface area contributed by atoms with E-state index in [0.29, 0.717) is 30.0 Å². The molecule has 1 fully saturated rings. The van der Waals surface area contributed by atoms with Crippen molar-refractivity contribution in [3.8, 4) is 17.2 Å². The van der Waals surface area contributed by atoms with Gasteiger partial charge in [-0.2, -0.15) is 0 Å². The molecule has 8 heteroatoms.